The largest absolute Gasteiger partial charge is 0.331 e. The molecule has 2 amide bonds. The number of aryl methyl sites for hydroxylation is 2. The van der Waals surface area contributed by atoms with Crippen LogP contribution in [0.1, 0.15) is 52.2 Å². The number of aromatic nitrogens is 1. The zero-order chi connectivity index (χ0) is 18.3. The highest BCUT2D eigenvalue weighted by Crippen LogP contribution is 2.34. The zero-order valence-corrected chi connectivity index (χ0v) is 15.9. The second kappa shape index (κ2) is 6.83. The number of fused-ring (bicyclic) bond motifs is 1. The van der Waals surface area contributed by atoms with Crippen molar-refractivity contribution in [3.8, 4) is 0 Å². The SMILES string of the molecule is Cc1ncc(NC(=O)C2CCC(N3Cc4c(C)cccc4C3=O)CC2)s1. The van der Waals surface area contributed by atoms with E-state index in [9.17, 15) is 9.59 Å². The van der Waals surface area contributed by atoms with Crippen molar-refractivity contribution in [3.63, 3.8) is 0 Å². The molecule has 0 radical (unpaired) electrons. The number of hydrogen-bond donors (Lipinski definition) is 1. The predicted octanol–water partition coefficient (Wildman–Crippen LogP) is 3.91. The van der Waals surface area contributed by atoms with Crippen LogP contribution >= 0.6 is 11.3 Å². The Morgan fingerprint density at radius 3 is 2.65 bits per heavy atom. The fourth-order valence-electron chi connectivity index (χ4n) is 4.10. The number of benzene rings is 1. The Hall–Kier alpha value is -2.21. The fraction of sp³-hybridized carbons (Fsp3) is 0.450. The Bertz CT molecular complexity index is 852. The molecular weight excluding hydrogens is 346 g/mol. The molecule has 0 spiro atoms. The predicted molar refractivity (Wildman–Crippen MR) is 102 cm³/mol. The normalized spacial score (nSPS) is 22.4. The van der Waals surface area contributed by atoms with Crippen LogP contribution in [0.15, 0.2) is 24.4 Å². The Kier molecular flexibility index (Phi) is 4.53. The fourth-order valence-corrected chi connectivity index (χ4v) is 4.78. The molecule has 5 nitrogen and oxygen atoms in total. The molecule has 6 heteroatoms. The first-order valence-corrected chi connectivity index (χ1v) is 9.97. The van der Waals surface area contributed by atoms with Gasteiger partial charge >= 0.3 is 0 Å². The number of carbonyl (C=O) groups is 2. The van der Waals surface area contributed by atoms with E-state index in [0.717, 1.165) is 46.8 Å². The van der Waals surface area contributed by atoms with Crippen molar-refractivity contribution in [1.29, 1.82) is 0 Å². The Balaban J connectivity index is 1.36. The maximum absolute atomic E-state index is 12.7. The van der Waals surface area contributed by atoms with Gasteiger partial charge in [0.2, 0.25) is 5.91 Å². The molecule has 1 aliphatic heterocycles. The summed E-state index contributed by atoms with van der Waals surface area (Å²) in [5.41, 5.74) is 3.20. The highest BCUT2D eigenvalue weighted by Gasteiger charge is 2.36. The van der Waals surface area contributed by atoms with Gasteiger partial charge in [0, 0.05) is 24.1 Å². The standard InChI is InChI=1S/C20H23N3O2S/c1-12-4-3-5-16-17(12)11-23(20(16)25)15-8-6-14(7-9-15)19(24)22-18-10-21-13(2)26-18/h3-5,10,14-15H,6-9,11H2,1-2H3,(H,22,24). The number of hydrogen-bond acceptors (Lipinski definition) is 4. The van der Waals surface area contributed by atoms with Gasteiger partial charge in [0.05, 0.1) is 11.2 Å². The lowest BCUT2D eigenvalue weighted by Gasteiger charge is -2.34. The maximum atomic E-state index is 12.7. The third-order valence-electron chi connectivity index (χ3n) is 5.61. The monoisotopic (exact) mass is 369 g/mol. The smallest absolute Gasteiger partial charge is 0.254 e. The second-order valence-corrected chi connectivity index (χ2v) is 8.51. The summed E-state index contributed by atoms with van der Waals surface area (Å²) < 4.78 is 0. The first kappa shape index (κ1) is 17.2. The van der Waals surface area contributed by atoms with E-state index < -0.39 is 0 Å². The van der Waals surface area contributed by atoms with E-state index in [1.165, 1.54) is 16.9 Å². The number of nitrogens with one attached hydrogen (secondary N) is 1. The summed E-state index contributed by atoms with van der Waals surface area (Å²) in [5.74, 6) is 0.256. The van der Waals surface area contributed by atoms with Gasteiger partial charge in [-0.15, -0.1) is 11.3 Å². The summed E-state index contributed by atoms with van der Waals surface area (Å²) in [6, 6.07) is 6.19. The molecule has 0 unspecified atom stereocenters. The molecule has 2 aliphatic rings. The quantitative estimate of drug-likeness (QED) is 0.892. The molecule has 26 heavy (non-hydrogen) atoms. The van der Waals surface area contributed by atoms with Crippen molar-refractivity contribution in [3.05, 3.63) is 46.1 Å². The molecule has 2 heterocycles. The summed E-state index contributed by atoms with van der Waals surface area (Å²) in [5, 5.41) is 4.75. The molecule has 1 aromatic carbocycles. The van der Waals surface area contributed by atoms with Gasteiger partial charge in [0.1, 0.15) is 5.00 Å². The van der Waals surface area contributed by atoms with Crippen LogP contribution in [0.2, 0.25) is 0 Å². The molecule has 0 saturated heterocycles. The average Bonchev–Trinajstić information content (AvgIpc) is 3.19. The van der Waals surface area contributed by atoms with Gasteiger partial charge in [-0.3, -0.25) is 9.59 Å². The maximum Gasteiger partial charge on any atom is 0.254 e. The molecule has 1 fully saturated rings. The van der Waals surface area contributed by atoms with Gasteiger partial charge in [-0.05, 0) is 56.7 Å². The van der Waals surface area contributed by atoms with Gasteiger partial charge in [0.25, 0.3) is 5.91 Å². The molecule has 0 atom stereocenters. The van der Waals surface area contributed by atoms with Crippen LogP contribution in [0.4, 0.5) is 5.00 Å². The van der Waals surface area contributed by atoms with E-state index >= 15 is 0 Å². The second-order valence-electron chi connectivity index (χ2n) is 7.27. The van der Waals surface area contributed by atoms with E-state index in [1.807, 2.05) is 24.0 Å². The summed E-state index contributed by atoms with van der Waals surface area (Å²) in [7, 11) is 0. The first-order chi connectivity index (χ1) is 12.5. The zero-order valence-electron chi connectivity index (χ0n) is 15.1. The van der Waals surface area contributed by atoms with Crippen LogP contribution < -0.4 is 5.32 Å². The molecule has 1 N–H and O–H groups in total. The lowest BCUT2D eigenvalue weighted by atomic mass is 9.85. The number of amides is 2. The summed E-state index contributed by atoms with van der Waals surface area (Å²) in [6.45, 7) is 4.71. The molecule has 2 aromatic rings. The third-order valence-corrected chi connectivity index (χ3v) is 6.43. The lowest BCUT2D eigenvalue weighted by Crippen LogP contribution is -2.40. The molecule has 0 bridgehead atoms. The van der Waals surface area contributed by atoms with Gasteiger partial charge in [-0.25, -0.2) is 4.98 Å². The van der Waals surface area contributed by atoms with Gasteiger partial charge < -0.3 is 10.2 Å². The van der Waals surface area contributed by atoms with Crippen LogP contribution in [0.5, 0.6) is 0 Å². The van der Waals surface area contributed by atoms with Crippen molar-refractivity contribution in [2.24, 2.45) is 5.92 Å². The van der Waals surface area contributed by atoms with Gasteiger partial charge in [-0.2, -0.15) is 0 Å². The minimum atomic E-state index is 0.0236. The van der Waals surface area contributed by atoms with E-state index in [-0.39, 0.29) is 23.8 Å². The van der Waals surface area contributed by atoms with E-state index in [2.05, 4.69) is 23.3 Å². The molecule has 1 aromatic heterocycles. The summed E-state index contributed by atoms with van der Waals surface area (Å²) in [6.07, 6.45) is 5.14. The van der Waals surface area contributed by atoms with Crippen molar-refractivity contribution >= 4 is 28.2 Å². The summed E-state index contributed by atoms with van der Waals surface area (Å²) >= 11 is 1.50. The molecule has 1 aliphatic carbocycles. The number of anilines is 1. The molecule has 136 valence electrons. The highest BCUT2D eigenvalue weighted by atomic mass is 32.1. The van der Waals surface area contributed by atoms with Crippen LogP contribution in [0.25, 0.3) is 0 Å². The summed E-state index contributed by atoms with van der Waals surface area (Å²) in [4.78, 5) is 31.4. The van der Waals surface area contributed by atoms with Crippen molar-refractivity contribution in [2.75, 3.05) is 5.32 Å². The van der Waals surface area contributed by atoms with Crippen molar-refractivity contribution in [2.45, 2.75) is 52.1 Å². The molecular formula is C20H23N3O2S. The lowest BCUT2D eigenvalue weighted by molar-refractivity contribution is -0.121. The van der Waals surface area contributed by atoms with Crippen molar-refractivity contribution < 1.29 is 9.59 Å². The van der Waals surface area contributed by atoms with Crippen LogP contribution in [0.3, 0.4) is 0 Å². The molecule has 4 rings (SSSR count). The highest BCUT2D eigenvalue weighted by molar-refractivity contribution is 7.15. The van der Waals surface area contributed by atoms with E-state index in [0.29, 0.717) is 6.54 Å². The van der Waals surface area contributed by atoms with Crippen LogP contribution in [-0.4, -0.2) is 27.7 Å². The number of carbonyl (C=O) groups excluding carboxylic acids is 2. The van der Waals surface area contributed by atoms with Crippen LogP contribution in [-0.2, 0) is 11.3 Å². The van der Waals surface area contributed by atoms with Crippen molar-refractivity contribution in [1.82, 2.24) is 9.88 Å². The number of thiazole rings is 1. The number of rotatable bonds is 3. The van der Waals surface area contributed by atoms with E-state index in [4.69, 9.17) is 0 Å². The Labute approximate surface area is 157 Å². The third kappa shape index (κ3) is 3.14. The van der Waals surface area contributed by atoms with Gasteiger partial charge in [0.15, 0.2) is 0 Å². The van der Waals surface area contributed by atoms with Crippen LogP contribution in [0, 0.1) is 19.8 Å². The Morgan fingerprint density at radius 1 is 1.23 bits per heavy atom. The first-order valence-electron chi connectivity index (χ1n) is 9.15. The van der Waals surface area contributed by atoms with Gasteiger partial charge in [-0.1, -0.05) is 12.1 Å². The minimum Gasteiger partial charge on any atom is -0.331 e. The van der Waals surface area contributed by atoms with E-state index in [1.54, 1.807) is 6.20 Å². The Morgan fingerprint density at radius 2 is 2.00 bits per heavy atom. The number of nitrogens with zero attached hydrogens (tertiary/aromatic N) is 2. The molecule has 1 saturated carbocycles. The topological polar surface area (TPSA) is 62.3 Å². The minimum absolute atomic E-state index is 0.0236. The average molecular weight is 369 g/mol.